The number of aliphatic hydroxyl groups is 1. The lowest BCUT2D eigenvalue weighted by atomic mass is 9.77. The second kappa shape index (κ2) is 8.43. The zero-order valence-corrected chi connectivity index (χ0v) is 16.2. The highest BCUT2D eigenvalue weighted by atomic mass is 35.5. The number of benzene rings is 2. The van der Waals surface area contributed by atoms with Crippen LogP contribution < -0.4 is 5.32 Å². The summed E-state index contributed by atoms with van der Waals surface area (Å²) in [6.45, 7) is 2.08. The van der Waals surface area contributed by atoms with Crippen LogP contribution in [0.5, 0.6) is 0 Å². The van der Waals surface area contributed by atoms with E-state index >= 15 is 0 Å². The molecule has 1 heterocycles. The van der Waals surface area contributed by atoms with Crippen LogP contribution in [0.2, 0.25) is 10.0 Å². The summed E-state index contributed by atoms with van der Waals surface area (Å²) < 4.78 is 0. The Kier molecular flexibility index (Phi) is 6.23. The van der Waals surface area contributed by atoms with Gasteiger partial charge in [-0.2, -0.15) is 0 Å². The van der Waals surface area contributed by atoms with Crippen molar-refractivity contribution in [2.45, 2.75) is 44.2 Å². The minimum atomic E-state index is -0.596. The Bertz CT molecular complexity index is 763. The molecular formula is C21H23Cl2NO2. The number of rotatable bonds is 5. The maximum Gasteiger partial charge on any atom is 0.220 e. The summed E-state index contributed by atoms with van der Waals surface area (Å²) in [6, 6.07) is 15.0. The van der Waals surface area contributed by atoms with Crippen molar-refractivity contribution in [3.63, 3.8) is 0 Å². The molecular weight excluding hydrogens is 369 g/mol. The fourth-order valence-corrected chi connectivity index (χ4v) is 4.12. The van der Waals surface area contributed by atoms with Gasteiger partial charge in [0.25, 0.3) is 0 Å². The molecule has 0 saturated carbocycles. The molecule has 138 valence electrons. The molecule has 0 aromatic heterocycles. The summed E-state index contributed by atoms with van der Waals surface area (Å²) in [5.41, 5.74) is 1.97. The third kappa shape index (κ3) is 4.59. The second-order valence-corrected chi connectivity index (χ2v) is 7.95. The molecule has 3 rings (SSSR count). The van der Waals surface area contributed by atoms with Crippen molar-refractivity contribution in [1.29, 1.82) is 0 Å². The first-order chi connectivity index (χ1) is 12.4. The van der Waals surface area contributed by atoms with Crippen LogP contribution in [0.15, 0.2) is 48.5 Å². The second-order valence-electron chi connectivity index (χ2n) is 7.07. The molecule has 26 heavy (non-hydrogen) atoms. The Labute approximate surface area is 164 Å². The molecule has 0 spiro atoms. The number of carbonyl (C=O) groups is 1. The van der Waals surface area contributed by atoms with Crippen LogP contribution in [-0.2, 0) is 4.79 Å². The molecule has 3 nitrogen and oxygen atoms in total. The van der Waals surface area contributed by atoms with Crippen molar-refractivity contribution in [3.05, 3.63) is 69.7 Å². The molecule has 2 aromatic rings. The van der Waals surface area contributed by atoms with E-state index in [0.717, 1.165) is 17.5 Å². The van der Waals surface area contributed by atoms with Crippen LogP contribution >= 0.6 is 23.2 Å². The predicted octanol–water partition coefficient (Wildman–Crippen LogP) is 5.12. The summed E-state index contributed by atoms with van der Waals surface area (Å²) in [6.07, 6.45) is 1.27. The number of halogens is 2. The molecule has 2 aromatic carbocycles. The fourth-order valence-electron chi connectivity index (χ4n) is 3.79. The summed E-state index contributed by atoms with van der Waals surface area (Å²) >= 11 is 12.1. The predicted molar refractivity (Wildman–Crippen MR) is 106 cm³/mol. The maximum absolute atomic E-state index is 12.0. The topological polar surface area (TPSA) is 49.3 Å². The Morgan fingerprint density at radius 1 is 1.15 bits per heavy atom. The average Bonchev–Trinajstić information content (AvgIpc) is 2.62. The van der Waals surface area contributed by atoms with Gasteiger partial charge in [0, 0.05) is 28.4 Å². The van der Waals surface area contributed by atoms with Gasteiger partial charge >= 0.3 is 0 Å². The Balaban J connectivity index is 1.76. The minimum absolute atomic E-state index is 0.0309. The standard InChI is InChI=1S/C21H23Cl2NO2/c1-13(11-19(25)14-5-7-16(22)8-6-14)21-18(9-10-20(26)24-21)15-3-2-4-17(23)12-15/h2-8,12-13,18-19,21,25H,9-11H2,1H3,(H,24,26)/t13?,18-,19+,21+/m1/s1. The molecule has 0 bridgehead atoms. The van der Waals surface area contributed by atoms with Gasteiger partial charge in [-0.05, 0) is 54.2 Å². The van der Waals surface area contributed by atoms with Gasteiger partial charge in [-0.1, -0.05) is 54.4 Å². The number of hydrogen-bond donors (Lipinski definition) is 2. The van der Waals surface area contributed by atoms with Crippen LogP contribution in [0.1, 0.15) is 49.3 Å². The minimum Gasteiger partial charge on any atom is -0.388 e. The quantitative estimate of drug-likeness (QED) is 0.743. The van der Waals surface area contributed by atoms with E-state index in [4.69, 9.17) is 23.2 Å². The first kappa shape index (κ1) is 19.2. The van der Waals surface area contributed by atoms with E-state index in [0.29, 0.717) is 22.9 Å². The van der Waals surface area contributed by atoms with Gasteiger partial charge in [0.2, 0.25) is 5.91 Å². The normalized spacial score (nSPS) is 22.5. The lowest BCUT2D eigenvalue weighted by molar-refractivity contribution is -0.124. The summed E-state index contributed by atoms with van der Waals surface area (Å²) in [7, 11) is 0. The average molecular weight is 392 g/mol. The summed E-state index contributed by atoms with van der Waals surface area (Å²) in [5, 5.41) is 15.1. The number of aliphatic hydroxyl groups excluding tert-OH is 1. The smallest absolute Gasteiger partial charge is 0.220 e. The first-order valence-corrected chi connectivity index (χ1v) is 9.68. The van der Waals surface area contributed by atoms with Crippen molar-refractivity contribution < 1.29 is 9.90 Å². The maximum atomic E-state index is 12.0. The largest absolute Gasteiger partial charge is 0.388 e. The van der Waals surface area contributed by atoms with Crippen LogP contribution in [0.25, 0.3) is 0 Å². The fraction of sp³-hybridized carbons (Fsp3) is 0.381. The van der Waals surface area contributed by atoms with Crippen LogP contribution in [0.3, 0.4) is 0 Å². The highest BCUT2D eigenvalue weighted by Crippen LogP contribution is 2.36. The van der Waals surface area contributed by atoms with Crippen LogP contribution in [0, 0.1) is 5.92 Å². The van der Waals surface area contributed by atoms with E-state index in [1.165, 1.54) is 0 Å². The molecule has 1 amide bonds. The number of amides is 1. The molecule has 1 saturated heterocycles. The van der Waals surface area contributed by atoms with Crippen molar-refractivity contribution in [2.24, 2.45) is 5.92 Å². The third-order valence-corrected chi connectivity index (χ3v) is 5.67. The van der Waals surface area contributed by atoms with Gasteiger partial charge in [-0.15, -0.1) is 0 Å². The van der Waals surface area contributed by atoms with Crippen LogP contribution in [-0.4, -0.2) is 17.1 Å². The van der Waals surface area contributed by atoms with Gasteiger partial charge in [-0.25, -0.2) is 0 Å². The van der Waals surface area contributed by atoms with Gasteiger partial charge in [-0.3, -0.25) is 4.79 Å². The van der Waals surface area contributed by atoms with Crippen molar-refractivity contribution >= 4 is 29.1 Å². The van der Waals surface area contributed by atoms with Gasteiger partial charge in [0.1, 0.15) is 0 Å². The molecule has 0 radical (unpaired) electrons. The van der Waals surface area contributed by atoms with E-state index in [2.05, 4.69) is 18.3 Å². The monoisotopic (exact) mass is 391 g/mol. The van der Waals surface area contributed by atoms with Crippen LogP contribution in [0.4, 0.5) is 0 Å². The zero-order valence-electron chi connectivity index (χ0n) is 14.7. The lowest BCUT2D eigenvalue weighted by Crippen LogP contribution is -2.47. The Morgan fingerprint density at radius 2 is 1.88 bits per heavy atom. The lowest BCUT2D eigenvalue weighted by Gasteiger charge is -2.37. The Morgan fingerprint density at radius 3 is 2.58 bits per heavy atom. The zero-order chi connectivity index (χ0) is 18.7. The molecule has 5 heteroatoms. The first-order valence-electron chi connectivity index (χ1n) is 8.92. The number of piperidine rings is 1. The van der Waals surface area contributed by atoms with Crippen molar-refractivity contribution in [1.82, 2.24) is 5.32 Å². The highest BCUT2D eigenvalue weighted by molar-refractivity contribution is 6.30. The molecule has 1 fully saturated rings. The number of nitrogens with one attached hydrogen (secondary N) is 1. The molecule has 0 aliphatic carbocycles. The highest BCUT2D eigenvalue weighted by Gasteiger charge is 2.34. The molecule has 2 N–H and O–H groups in total. The molecule has 1 aliphatic rings. The molecule has 1 aliphatic heterocycles. The summed E-state index contributed by atoms with van der Waals surface area (Å²) in [5.74, 6) is 0.369. The summed E-state index contributed by atoms with van der Waals surface area (Å²) in [4.78, 5) is 12.0. The molecule has 1 unspecified atom stereocenters. The van der Waals surface area contributed by atoms with Crippen molar-refractivity contribution in [2.75, 3.05) is 0 Å². The Hall–Kier alpha value is -1.55. The van der Waals surface area contributed by atoms with Gasteiger partial charge < -0.3 is 10.4 Å². The van der Waals surface area contributed by atoms with Gasteiger partial charge in [0.05, 0.1) is 6.10 Å². The van der Waals surface area contributed by atoms with E-state index < -0.39 is 6.10 Å². The SMILES string of the molecule is CC(C[C@H](O)c1ccc(Cl)cc1)[C@@H]1NC(=O)CC[C@@H]1c1cccc(Cl)c1. The van der Waals surface area contributed by atoms with E-state index in [1.807, 2.05) is 30.3 Å². The van der Waals surface area contributed by atoms with Gasteiger partial charge in [0.15, 0.2) is 0 Å². The van der Waals surface area contributed by atoms with Crippen molar-refractivity contribution in [3.8, 4) is 0 Å². The van der Waals surface area contributed by atoms with E-state index in [9.17, 15) is 9.90 Å². The third-order valence-electron chi connectivity index (χ3n) is 5.18. The van der Waals surface area contributed by atoms with E-state index in [1.54, 1.807) is 12.1 Å². The molecule has 4 atom stereocenters. The van der Waals surface area contributed by atoms with E-state index in [-0.39, 0.29) is 23.8 Å². The number of carbonyl (C=O) groups excluding carboxylic acids is 1. The number of hydrogen-bond acceptors (Lipinski definition) is 2.